The summed E-state index contributed by atoms with van der Waals surface area (Å²) in [6.45, 7) is 4.44. The number of aliphatic hydroxyl groups is 1. The molecule has 6 heteroatoms. The quantitative estimate of drug-likeness (QED) is 0.362. The summed E-state index contributed by atoms with van der Waals surface area (Å²) >= 11 is 0.947. The van der Waals surface area contributed by atoms with Gasteiger partial charge in [0.1, 0.15) is 5.76 Å². The third kappa shape index (κ3) is 3.23. The van der Waals surface area contributed by atoms with Gasteiger partial charge in [0.25, 0.3) is 5.56 Å². The number of carbonyl (C=O) groups is 1. The van der Waals surface area contributed by atoms with Gasteiger partial charge in [0.05, 0.1) is 4.91 Å². The maximum atomic E-state index is 11.2. The number of Topliss-reactive ketones (excluding diaryl/α,β-unsaturated/α-hetero) is 1. The summed E-state index contributed by atoms with van der Waals surface area (Å²) in [5, 5.41) is 9.60. The molecule has 0 fully saturated rings. The molecule has 1 aromatic rings. The SMILES string of the molecule is CC(=O)C(Sc1nc(C)cc(=O)[nH]1)=C(C)O. The standard InChI is InChI=1S/C10H12N2O3S/c1-5-4-8(15)12-10(11-5)16-9(6(2)13)7(3)14/h4,13H,1-3H3,(H,11,12,15). The second-order valence-electron chi connectivity index (χ2n) is 3.26. The molecule has 0 saturated carbocycles. The van der Waals surface area contributed by atoms with E-state index in [0.717, 1.165) is 11.8 Å². The van der Waals surface area contributed by atoms with Crippen molar-refractivity contribution in [2.24, 2.45) is 0 Å². The van der Waals surface area contributed by atoms with E-state index in [1.54, 1.807) is 6.92 Å². The molecule has 0 aliphatic carbocycles. The Labute approximate surface area is 96.6 Å². The largest absolute Gasteiger partial charge is 0.511 e. The van der Waals surface area contributed by atoms with Gasteiger partial charge >= 0.3 is 0 Å². The van der Waals surface area contributed by atoms with Crippen LogP contribution in [0.4, 0.5) is 0 Å². The molecule has 0 atom stereocenters. The zero-order valence-electron chi connectivity index (χ0n) is 9.20. The first-order valence-corrected chi connectivity index (χ1v) is 5.38. The average molecular weight is 240 g/mol. The average Bonchev–Trinajstić information content (AvgIpc) is 2.11. The summed E-state index contributed by atoms with van der Waals surface area (Å²) in [6.07, 6.45) is 0. The Morgan fingerprint density at radius 1 is 1.50 bits per heavy atom. The summed E-state index contributed by atoms with van der Waals surface area (Å²) in [6, 6.07) is 1.35. The summed E-state index contributed by atoms with van der Waals surface area (Å²) in [7, 11) is 0. The van der Waals surface area contributed by atoms with Crippen LogP contribution in [0.3, 0.4) is 0 Å². The van der Waals surface area contributed by atoms with E-state index < -0.39 is 0 Å². The van der Waals surface area contributed by atoms with Crippen molar-refractivity contribution in [3.05, 3.63) is 32.8 Å². The Hall–Kier alpha value is -1.56. The van der Waals surface area contributed by atoms with Crippen LogP contribution < -0.4 is 5.56 Å². The molecule has 16 heavy (non-hydrogen) atoms. The molecule has 5 nitrogen and oxygen atoms in total. The number of aliphatic hydroxyl groups excluding tert-OH is 1. The molecule has 0 radical (unpaired) electrons. The first-order chi connectivity index (χ1) is 7.40. The monoisotopic (exact) mass is 240 g/mol. The highest BCUT2D eigenvalue weighted by molar-refractivity contribution is 8.03. The number of nitrogens with one attached hydrogen (secondary N) is 1. The molecule has 1 heterocycles. The molecule has 1 rings (SSSR count). The van der Waals surface area contributed by atoms with Gasteiger partial charge in [-0.3, -0.25) is 9.59 Å². The number of nitrogens with zero attached hydrogens (tertiary/aromatic N) is 1. The van der Waals surface area contributed by atoms with Crippen molar-refractivity contribution in [2.45, 2.75) is 25.9 Å². The number of hydrogen-bond donors (Lipinski definition) is 2. The zero-order chi connectivity index (χ0) is 12.3. The van der Waals surface area contributed by atoms with Crippen molar-refractivity contribution in [3.8, 4) is 0 Å². The van der Waals surface area contributed by atoms with Crippen molar-refractivity contribution in [1.82, 2.24) is 9.97 Å². The lowest BCUT2D eigenvalue weighted by atomic mass is 10.4. The fourth-order valence-corrected chi connectivity index (χ4v) is 1.92. The highest BCUT2D eigenvalue weighted by Gasteiger charge is 2.12. The van der Waals surface area contributed by atoms with Gasteiger partial charge in [-0.1, -0.05) is 0 Å². The van der Waals surface area contributed by atoms with Gasteiger partial charge in [-0.15, -0.1) is 0 Å². The molecule has 1 aromatic heterocycles. The van der Waals surface area contributed by atoms with E-state index in [-0.39, 0.29) is 22.0 Å². The smallest absolute Gasteiger partial charge is 0.251 e. The topological polar surface area (TPSA) is 83.0 Å². The molecule has 0 aliphatic rings. The number of aromatic nitrogens is 2. The number of ketones is 1. The van der Waals surface area contributed by atoms with Gasteiger partial charge in [0, 0.05) is 11.8 Å². The number of rotatable bonds is 3. The van der Waals surface area contributed by atoms with Crippen LogP contribution in [0.2, 0.25) is 0 Å². The molecular formula is C10H12N2O3S. The Kier molecular flexibility index (Phi) is 3.89. The number of aromatic amines is 1. The molecular weight excluding hydrogens is 228 g/mol. The van der Waals surface area contributed by atoms with E-state index in [1.807, 2.05) is 0 Å². The van der Waals surface area contributed by atoms with Crippen molar-refractivity contribution in [2.75, 3.05) is 0 Å². The number of allylic oxidation sites excluding steroid dienone is 2. The lowest BCUT2D eigenvalue weighted by molar-refractivity contribution is -0.113. The number of carbonyl (C=O) groups excluding carboxylic acids is 1. The lowest BCUT2D eigenvalue weighted by Gasteiger charge is -2.04. The second kappa shape index (κ2) is 4.98. The van der Waals surface area contributed by atoms with Gasteiger partial charge < -0.3 is 10.1 Å². The van der Waals surface area contributed by atoms with Crippen molar-refractivity contribution in [3.63, 3.8) is 0 Å². The first-order valence-electron chi connectivity index (χ1n) is 4.56. The lowest BCUT2D eigenvalue weighted by Crippen LogP contribution is -2.09. The molecule has 0 saturated heterocycles. The van der Waals surface area contributed by atoms with Crippen LogP contribution in [-0.4, -0.2) is 20.9 Å². The van der Waals surface area contributed by atoms with Crippen LogP contribution in [0.5, 0.6) is 0 Å². The number of thioether (sulfide) groups is 1. The minimum absolute atomic E-state index is 0.0818. The summed E-state index contributed by atoms with van der Waals surface area (Å²) in [5.41, 5.74) is 0.276. The molecule has 0 aliphatic heterocycles. The number of aryl methyl sites for hydroxylation is 1. The Balaban J connectivity index is 3.09. The maximum Gasteiger partial charge on any atom is 0.251 e. The summed E-state index contributed by atoms with van der Waals surface area (Å²) < 4.78 is 0. The van der Waals surface area contributed by atoms with Crippen LogP contribution in [0.15, 0.2) is 26.7 Å². The van der Waals surface area contributed by atoms with Gasteiger partial charge in [0.15, 0.2) is 10.9 Å². The Morgan fingerprint density at radius 3 is 2.56 bits per heavy atom. The minimum atomic E-state index is -0.284. The van der Waals surface area contributed by atoms with Crippen LogP contribution in [0, 0.1) is 6.92 Å². The van der Waals surface area contributed by atoms with E-state index in [9.17, 15) is 14.7 Å². The number of H-pyrrole nitrogens is 1. The van der Waals surface area contributed by atoms with Crippen LogP contribution >= 0.6 is 11.8 Å². The van der Waals surface area contributed by atoms with Crippen molar-refractivity contribution in [1.29, 1.82) is 0 Å². The molecule has 2 N–H and O–H groups in total. The van der Waals surface area contributed by atoms with E-state index in [1.165, 1.54) is 19.9 Å². The minimum Gasteiger partial charge on any atom is -0.511 e. The van der Waals surface area contributed by atoms with Gasteiger partial charge in [-0.05, 0) is 32.5 Å². The van der Waals surface area contributed by atoms with Gasteiger partial charge in [-0.25, -0.2) is 4.98 Å². The first kappa shape index (κ1) is 12.5. The normalized spacial score (nSPS) is 12.2. The molecule has 0 aromatic carbocycles. The van der Waals surface area contributed by atoms with E-state index in [4.69, 9.17) is 0 Å². The molecule has 0 amide bonds. The van der Waals surface area contributed by atoms with Gasteiger partial charge in [-0.2, -0.15) is 0 Å². The Bertz CT molecular complexity index is 501. The highest BCUT2D eigenvalue weighted by Crippen LogP contribution is 2.25. The molecule has 0 bridgehead atoms. The number of hydrogen-bond acceptors (Lipinski definition) is 5. The van der Waals surface area contributed by atoms with E-state index in [0.29, 0.717) is 10.9 Å². The maximum absolute atomic E-state index is 11.2. The van der Waals surface area contributed by atoms with Crippen LogP contribution in [0.1, 0.15) is 19.5 Å². The third-order valence-electron chi connectivity index (χ3n) is 1.70. The van der Waals surface area contributed by atoms with Crippen LogP contribution in [-0.2, 0) is 4.79 Å². The molecule has 86 valence electrons. The fraction of sp³-hybridized carbons (Fsp3) is 0.300. The van der Waals surface area contributed by atoms with E-state index in [2.05, 4.69) is 9.97 Å². The van der Waals surface area contributed by atoms with Crippen molar-refractivity contribution >= 4 is 17.5 Å². The second-order valence-corrected chi connectivity index (χ2v) is 4.26. The predicted octanol–water partition coefficient (Wildman–Crippen LogP) is 1.55. The zero-order valence-corrected chi connectivity index (χ0v) is 10.0. The van der Waals surface area contributed by atoms with Crippen LogP contribution in [0.25, 0.3) is 0 Å². The van der Waals surface area contributed by atoms with E-state index >= 15 is 0 Å². The fourth-order valence-electron chi connectivity index (χ4n) is 1.10. The highest BCUT2D eigenvalue weighted by atomic mass is 32.2. The van der Waals surface area contributed by atoms with Gasteiger partial charge in [0.2, 0.25) is 0 Å². The van der Waals surface area contributed by atoms with Crippen molar-refractivity contribution < 1.29 is 9.90 Å². The summed E-state index contributed by atoms with van der Waals surface area (Å²) in [5.74, 6) is -0.351. The predicted molar refractivity (Wildman–Crippen MR) is 61.5 cm³/mol. The molecule has 0 unspecified atom stereocenters. The Morgan fingerprint density at radius 2 is 2.12 bits per heavy atom. The third-order valence-corrected chi connectivity index (χ3v) is 2.87. The molecule has 0 spiro atoms. The summed E-state index contributed by atoms with van der Waals surface area (Å²) in [4.78, 5) is 29.1.